The molecule has 0 amide bonds. The third-order valence-corrected chi connectivity index (χ3v) is 8.66. The molecule has 238 valence electrons. The topological polar surface area (TPSA) is 138 Å². The highest BCUT2D eigenvalue weighted by atomic mass is 32.2. The number of aryl methyl sites for hydroxylation is 1. The number of carbonyl (C=O) groups is 1. The summed E-state index contributed by atoms with van der Waals surface area (Å²) in [5.74, 6) is 0.636. The second kappa shape index (κ2) is 15.4. The van der Waals surface area contributed by atoms with Crippen molar-refractivity contribution in [3.63, 3.8) is 0 Å². The second-order valence-corrected chi connectivity index (χ2v) is 12.3. The van der Waals surface area contributed by atoms with Crippen molar-refractivity contribution in [2.75, 3.05) is 13.2 Å². The number of esters is 1. The van der Waals surface area contributed by atoms with Crippen molar-refractivity contribution < 1.29 is 22.8 Å². The number of aromatic nitrogens is 4. The van der Waals surface area contributed by atoms with Gasteiger partial charge in [-0.1, -0.05) is 35.5 Å². The van der Waals surface area contributed by atoms with Crippen LogP contribution in [0.5, 0.6) is 0 Å². The van der Waals surface area contributed by atoms with Crippen LogP contribution in [0.4, 0.5) is 0 Å². The van der Waals surface area contributed by atoms with E-state index in [-0.39, 0.29) is 17.4 Å². The van der Waals surface area contributed by atoms with Crippen LogP contribution in [0.3, 0.4) is 0 Å². The molecule has 0 aliphatic rings. The quantitative estimate of drug-likeness (QED) is 0.0717. The van der Waals surface area contributed by atoms with Crippen molar-refractivity contribution in [3.05, 3.63) is 120 Å². The first-order chi connectivity index (χ1) is 22.3. The zero-order chi connectivity index (χ0) is 32.4. The summed E-state index contributed by atoms with van der Waals surface area (Å²) in [5.41, 5.74) is 5.57. The zero-order valence-corrected chi connectivity index (χ0v) is 26.6. The number of oxime groups is 1. The van der Waals surface area contributed by atoms with E-state index in [4.69, 9.17) is 9.57 Å². The average molecular weight is 641 g/mol. The van der Waals surface area contributed by atoms with Crippen LogP contribution < -0.4 is 4.72 Å². The molecule has 0 bridgehead atoms. The van der Waals surface area contributed by atoms with E-state index in [9.17, 15) is 13.2 Å². The second-order valence-electron chi connectivity index (χ2n) is 10.6. The summed E-state index contributed by atoms with van der Waals surface area (Å²) < 4.78 is 36.1. The lowest BCUT2D eigenvalue weighted by Gasteiger charge is -2.11. The van der Waals surface area contributed by atoms with Crippen molar-refractivity contribution in [3.8, 4) is 0 Å². The van der Waals surface area contributed by atoms with Crippen molar-refractivity contribution in [1.82, 2.24) is 24.2 Å². The van der Waals surface area contributed by atoms with Crippen LogP contribution in [0, 0.1) is 6.92 Å². The predicted molar refractivity (Wildman–Crippen MR) is 175 cm³/mol. The van der Waals surface area contributed by atoms with E-state index < -0.39 is 10.0 Å². The van der Waals surface area contributed by atoms with Crippen LogP contribution in [0.25, 0.3) is 11.0 Å². The molecule has 0 spiro atoms. The molecule has 2 aromatic carbocycles. The molecule has 46 heavy (non-hydrogen) atoms. The van der Waals surface area contributed by atoms with Gasteiger partial charge >= 0.3 is 5.97 Å². The number of pyridine rings is 2. The van der Waals surface area contributed by atoms with Crippen molar-refractivity contribution in [1.29, 1.82) is 0 Å². The van der Waals surface area contributed by atoms with Crippen LogP contribution in [0.2, 0.25) is 0 Å². The molecule has 11 nitrogen and oxygen atoms in total. The molecule has 1 N–H and O–H groups in total. The number of rotatable bonds is 15. The minimum atomic E-state index is -3.77. The minimum Gasteiger partial charge on any atom is -0.466 e. The fourth-order valence-electron chi connectivity index (χ4n) is 4.90. The van der Waals surface area contributed by atoms with Crippen LogP contribution in [-0.4, -0.2) is 52.8 Å². The molecule has 3 aromatic heterocycles. The van der Waals surface area contributed by atoms with E-state index in [2.05, 4.69) is 29.4 Å². The summed E-state index contributed by atoms with van der Waals surface area (Å²) in [5, 5.41) is 4.38. The maximum atomic E-state index is 13.2. The minimum absolute atomic E-state index is 0.0845. The number of nitrogens with zero attached hydrogens (tertiary/aromatic N) is 5. The molecule has 0 aliphatic carbocycles. The van der Waals surface area contributed by atoms with E-state index in [0.29, 0.717) is 44.7 Å². The third kappa shape index (κ3) is 8.40. The Labute approximate surface area is 268 Å². The Kier molecular flexibility index (Phi) is 10.8. The Bertz CT molecular complexity index is 1910. The standard InChI is InChI=1S/C34H36N6O5S/c1-3-44-33(41)11-4-5-19-45-39-34(29-10-7-17-35-22-29)28-9-6-8-27(20-28)21-37-46(42,43)30-14-12-26(13-15-30)24-40-25(2)38-31-23-36-18-16-32(31)40/h6-10,12-18,20,22-23,37H,3-5,11,19,21,24H2,1-2H3/b39-34-. The maximum absolute atomic E-state index is 13.2. The summed E-state index contributed by atoms with van der Waals surface area (Å²) >= 11 is 0. The van der Waals surface area contributed by atoms with E-state index in [1.54, 1.807) is 43.8 Å². The molecule has 0 fully saturated rings. The lowest BCUT2D eigenvalue weighted by atomic mass is 10.0. The molecular weight excluding hydrogens is 604 g/mol. The molecule has 0 saturated carbocycles. The number of fused-ring (bicyclic) bond motifs is 1. The third-order valence-electron chi connectivity index (χ3n) is 7.25. The van der Waals surface area contributed by atoms with Gasteiger partial charge in [0.25, 0.3) is 0 Å². The molecule has 0 saturated heterocycles. The summed E-state index contributed by atoms with van der Waals surface area (Å²) in [6, 6.07) is 19.9. The highest BCUT2D eigenvalue weighted by molar-refractivity contribution is 7.89. The van der Waals surface area contributed by atoms with Crippen molar-refractivity contribution in [2.45, 2.75) is 51.1 Å². The van der Waals surface area contributed by atoms with Crippen LogP contribution in [0.15, 0.2) is 102 Å². The number of hydrogen-bond donors (Lipinski definition) is 1. The van der Waals surface area contributed by atoms with Gasteiger partial charge < -0.3 is 14.1 Å². The molecular formula is C34H36N6O5S. The van der Waals surface area contributed by atoms with Crippen LogP contribution in [0.1, 0.15) is 54.3 Å². The Morgan fingerprint density at radius 3 is 2.52 bits per heavy atom. The molecule has 5 aromatic rings. The van der Waals surface area contributed by atoms with Gasteiger partial charge in [-0.25, -0.2) is 18.1 Å². The van der Waals surface area contributed by atoms with Gasteiger partial charge in [-0.3, -0.25) is 14.8 Å². The van der Waals surface area contributed by atoms with Gasteiger partial charge in [-0.15, -0.1) is 0 Å². The Hall–Kier alpha value is -4.94. The largest absolute Gasteiger partial charge is 0.466 e. The van der Waals surface area contributed by atoms with E-state index in [1.807, 2.05) is 61.5 Å². The van der Waals surface area contributed by atoms with Gasteiger partial charge in [-0.2, -0.15) is 0 Å². The van der Waals surface area contributed by atoms with Gasteiger partial charge in [0, 0.05) is 49.2 Å². The molecule has 0 atom stereocenters. The van der Waals surface area contributed by atoms with Crippen LogP contribution in [-0.2, 0) is 37.5 Å². The van der Waals surface area contributed by atoms with Gasteiger partial charge in [0.05, 0.1) is 23.2 Å². The molecule has 0 aliphatic heterocycles. The van der Waals surface area contributed by atoms with Gasteiger partial charge in [-0.05, 0) is 74.2 Å². The Morgan fingerprint density at radius 2 is 1.74 bits per heavy atom. The summed E-state index contributed by atoms with van der Waals surface area (Å²) in [6.07, 6.45) is 8.44. The number of ether oxygens (including phenoxy) is 1. The first kappa shape index (κ1) is 32.5. The number of nitrogens with one attached hydrogen (secondary N) is 1. The van der Waals surface area contributed by atoms with E-state index in [1.165, 1.54) is 0 Å². The number of carbonyl (C=O) groups excluding carboxylic acids is 1. The fraction of sp³-hybridized carbons (Fsp3) is 0.265. The molecule has 12 heteroatoms. The molecule has 5 rings (SSSR count). The summed E-state index contributed by atoms with van der Waals surface area (Å²) in [4.78, 5) is 30.2. The average Bonchev–Trinajstić information content (AvgIpc) is 3.38. The Morgan fingerprint density at radius 1 is 0.935 bits per heavy atom. The number of imidazole rings is 1. The lowest BCUT2D eigenvalue weighted by molar-refractivity contribution is -0.143. The SMILES string of the molecule is CCOC(=O)CCCCO/N=C(\c1cccnc1)c1cccc(CNS(=O)(=O)c2ccc(Cn3c(C)nc4cnccc43)cc2)c1. The van der Waals surface area contributed by atoms with Gasteiger partial charge in [0.15, 0.2) is 0 Å². The molecule has 0 unspecified atom stereocenters. The fourth-order valence-corrected chi connectivity index (χ4v) is 5.92. The number of hydrogen-bond acceptors (Lipinski definition) is 9. The first-order valence-corrected chi connectivity index (χ1v) is 16.5. The highest BCUT2D eigenvalue weighted by Crippen LogP contribution is 2.19. The van der Waals surface area contributed by atoms with Crippen molar-refractivity contribution >= 4 is 32.7 Å². The van der Waals surface area contributed by atoms with Crippen LogP contribution >= 0.6 is 0 Å². The smallest absolute Gasteiger partial charge is 0.305 e. The summed E-state index contributed by atoms with van der Waals surface area (Å²) in [7, 11) is -3.77. The molecule has 0 radical (unpaired) electrons. The Balaban J connectivity index is 1.23. The monoisotopic (exact) mass is 640 g/mol. The lowest BCUT2D eigenvalue weighted by Crippen LogP contribution is -2.23. The number of benzene rings is 2. The normalized spacial score (nSPS) is 11.9. The maximum Gasteiger partial charge on any atom is 0.305 e. The van der Waals surface area contributed by atoms with Gasteiger partial charge in [0.2, 0.25) is 10.0 Å². The van der Waals surface area contributed by atoms with Crippen molar-refractivity contribution in [2.24, 2.45) is 5.16 Å². The highest BCUT2D eigenvalue weighted by Gasteiger charge is 2.16. The zero-order valence-electron chi connectivity index (χ0n) is 25.8. The predicted octanol–water partition coefficient (Wildman–Crippen LogP) is 5.16. The van der Waals surface area contributed by atoms with Gasteiger partial charge in [0.1, 0.15) is 23.7 Å². The summed E-state index contributed by atoms with van der Waals surface area (Å²) in [6.45, 7) is 5.06. The number of unbranched alkanes of at least 4 members (excludes halogenated alkanes) is 1. The first-order valence-electron chi connectivity index (χ1n) is 15.0. The molecule has 3 heterocycles. The van der Waals surface area contributed by atoms with E-state index >= 15 is 0 Å². The van der Waals surface area contributed by atoms with E-state index in [0.717, 1.165) is 39.1 Å². The number of sulfonamides is 1.